The van der Waals surface area contributed by atoms with Crippen LogP contribution >= 0.6 is 0 Å². The van der Waals surface area contributed by atoms with Crippen molar-refractivity contribution in [3.63, 3.8) is 0 Å². The Balaban J connectivity index is 1.57. The second-order valence-electron chi connectivity index (χ2n) is 4.06. The van der Waals surface area contributed by atoms with Crippen LogP contribution in [0, 0.1) is 5.92 Å². The molecule has 2 heteroatoms. The fourth-order valence-electron chi connectivity index (χ4n) is 1.69. The molecule has 0 aromatic carbocycles. The van der Waals surface area contributed by atoms with Gasteiger partial charge < -0.3 is 10.1 Å². The van der Waals surface area contributed by atoms with Crippen molar-refractivity contribution in [2.24, 2.45) is 5.92 Å². The van der Waals surface area contributed by atoms with Crippen LogP contribution in [-0.4, -0.2) is 25.8 Å². The normalized spacial score (nSPS) is 25.5. The number of hydrogen-bond donors (Lipinski definition) is 1. The Morgan fingerprint density at radius 1 is 1.15 bits per heavy atom. The van der Waals surface area contributed by atoms with Gasteiger partial charge in [0.2, 0.25) is 0 Å². The van der Waals surface area contributed by atoms with Crippen molar-refractivity contribution in [1.29, 1.82) is 0 Å². The van der Waals surface area contributed by atoms with E-state index in [1.807, 2.05) is 0 Å². The van der Waals surface area contributed by atoms with Crippen molar-refractivity contribution in [2.45, 2.75) is 31.7 Å². The van der Waals surface area contributed by atoms with E-state index in [9.17, 15) is 0 Å². The Hall–Kier alpha value is -0.340. The summed E-state index contributed by atoms with van der Waals surface area (Å²) in [6.07, 6.45) is 9.82. The molecule has 0 radical (unpaired) electrons. The number of ether oxygens (including phenoxy) is 1. The molecule has 1 N–H and O–H groups in total. The molecule has 0 aromatic rings. The standard InChI is InChI=1S/C11H19NO/c1(7-12-11-3-4-11)2-10-5-8-13-9-6-10/h1-2,10-12H,3-9H2. The van der Waals surface area contributed by atoms with Gasteiger partial charge in [-0.15, -0.1) is 0 Å². The molecule has 0 spiro atoms. The minimum atomic E-state index is 0.773. The maximum atomic E-state index is 5.30. The molecule has 2 nitrogen and oxygen atoms in total. The van der Waals surface area contributed by atoms with Gasteiger partial charge in [0.25, 0.3) is 0 Å². The Morgan fingerprint density at radius 2 is 1.92 bits per heavy atom. The Bertz CT molecular complexity index is 169. The zero-order chi connectivity index (χ0) is 8.93. The molecular formula is C11H19NO. The summed E-state index contributed by atoms with van der Waals surface area (Å²) in [5.74, 6) is 0.773. The van der Waals surface area contributed by atoms with Gasteiger partial charge in [0.1, 0.15) is 0 Å². The first-order chi connectivity index (χ1) is 6.45. The van der Waals surface area contributed by atoms with Crippen LogP contribution in [0.3, 0.4) is 0 Å². The van der Waals surface area contributed by atoms with E-state index in [0.717, 1.165) is 31.7 Å². The third-order valence-electron chi connectivity index (χ3n) is 2.78. The fourth-order valence-corrected chi connectivity index (χ4v) is 1.69. The van der Waals surface area contributed by atoms with Crippen molar-refractivity contribution in [1.82, 2.24) is 5.32 Å². The third-order valence-corrected chi connectivity index (χ3v) is 2.78. The average Bonchev–Trinajstić information content (AvgIpc) is 2.98. The van der Waals surface area contributed by atoms with Gasteiger partial charge in [0.05, 0.1) is 0 Å². The predicted molar refractivity (Wildman–Crippen MR) is 53.7 cm³/mol. The summed E-state index contributed by atoms with van der Waals surface area (Å²) in [5.41, 5.74) is 0. The summed E-state index contributed by atoms with van der Waals surface area (Å²) < 4.78 is 5.30. The molecule has 1 saturated carbocycles. The molecular weight excluding hydrogens is 162 g/mol. The van der Waals surface area contributed by atoms with E-state index in [2.05, 4.69) is 17.5 Å². The van der Waals surface area contributed by atoms with E-state index >= 15 is 0 Å². The van der Waals surface area contributed by atoms with Gasteiger partial charge in [0, 0.05) is 25.8 Å². The van der Waals surface area contributed by atoms with E-state index in [1.54, 1.807) is 0 Å². The van der Waals surface area contributed by atoms with E-state index in [1.165, 1.54) is 25.7 Å². The number of nitrogens with one attached hydrogen (secondary N) is 1. The summed E-state index contributed by atoms with van der Waals surface area (Å²) in [7, 11) is 0. The van der Waals surface area contributed by atoms with Crippen molar-refractivity contribution < 1.29 is 4.74 Å². The molecule has 1 aliphatic heterocycles. The molecule has 1 aliphatic carbocycles. The molecule has 0 bridgehead atoms. The van der Waals surface area contributed by atoms with Gasteiger partial charge in [-0.2, -0.15) is 0 Å². The smallest absolute Gasteiger partial charge is 0.0471 e. The van der Waals surface area contributed by atoms with Crippen molar-refractivity contribution in [3.8, 4) is 0 Å². The third kappa shape index (κ3) is 3.49. The largest absolute Gasteiger partial charge is 0.381 e. The summed E-state index contributed by atoms with van der Waals surface area (Å²) >= 11 is 0. The lowest BCUT2D eigenvalue weighted by molar-refractivity contribution is 0.0785. The maximum absolute atomic E-state index is 5.30. The van der Waals surface area contributed by atoms with Crippen LogP contribution in [0.25, 0.3) is 0 Å². The molecule has 1 heterocycles. The number of rotatable bonds is 4. The van der Waals surface area contributed by atoms with E-state index in [4.69, 9.17) is 4.74 Å². The Labute approximate surface area is 80.4 Å². The zero-order valence-electron chi connectivity index (χ0n) is 8.17. The molecule has 2 aliphatic rings. The molecule has 0 amide bonds. The first-order valence-corrected chi connectivity index (χ1v) is 5.43. The molecule has 74 valence electrons. The molecule has 0 unspecified atom stereocenters. The second-order valence-corrected chi connectivity index (χ2v) is 4.06. The highest BCUT2D eigenvalue weighted by atomic mass is 16.5. The van der Waals surface area contributed by atoms with Crippen LogP contribution < -0.4 is 5.32 Å². The van der Waals surface area contributed by atoms with Gasteiger partial charge in [0.15, 0.2) is 0 Å². The number of allylic oxidation sites excluding steroid dienone is 1. The van der Waals surface area contributed by atoms with Gasteiger partial charge in [-0.05, 0) is 31.6 Å². The SMILES string of the molecule is C(=CC1CCOCC1)CNC1CC1. The van der Waals surface area contributed by atoms with Gasteiger partial charge in [-0.25, -0.2) is 0 Å². The highest BCUT2D eigenvalue weighted by molar-refractivity contribution is 4.93. The Kier molecular flexibility index (Phi) is 3.39. The summed E-state index contributed by atoms with van der Waals surface area (Å²) in [5, 5.41) is 3.48. The maximum Gasteiger partial charge on any atom is 0.0471 e. The lowest BCUT2D eigenvalue weighted by atomic mass is 10.00. The lowest BCUT2D eigenvalue weighted by Crippen LogP contribution is -2.17. The van der Waals surface area contributed by atoms with Crippen LogP contribution in [0.2, 0.25) is 0 Å². The van der Waals surface area contributed by atoms with Crippen LogP contribution in [0.1, 0.15) is 25.7 Å². The predicted octanol–water partition coefficient (Wildman–Crippen LogP) is 1.72. The first-order valence-electron chi connectivity index (χ1n) is 5.43. The molecule has 0 atom stereocenters. The minimum Gasteiger partial charge on any atom is -0.381 e. The average molecular weight is 181 g/mol. The monoisotopic (exact) mass is 181 g/mol. The molecule has 2 fully saturated rings. The van der Waals surface area contributed by atoms with Crippen molar-refractivity contribution in [2.75, 3.05) is 19.8 Å². The van der Waals surface area contributed by atoms with Crippen LogP contribution in [0.15, 0.2) is 12.2 Å². The van der Waals surface area contributed by atoms with Gasteiger partial charge in [-0.1, -0.05) is 12.2 Å². The number of hydrogen-bond acceptors (Lipinski definition) is 2. The van der Waals surface area contributed by atoms with Crippen LogP contribution in [0.4, 0.5) is 0 Å². The minimum absolute atomic E-state index is 0.773. The highest BCUT2D eigenvalue weighted by Gasteiger charge is 2.19. The first kappa shape index (κ1) is 9.22. The zero-order valence-corrected chi connectivity index (χ0v) is 8.17. The van der Waals surface area contributed by atoms with Crippen LogP contribution in [0.5, 0.6) is 0 Å². The van der Waals surface area contributed by atoms with Crippen molar-refractivity contribution in [3.05, 3.63) is 12.2 Å². The molecule has 1 saturated heterocycles. The highest BCUT2D eigenvalue weighted by Crippen LogP contribution is 2.18. The quantitative estimate of drug-likeness (QED) is 0.667. The second kappa shape index (κ2) is 4.77. The molecule has 2 rings (SSSR count). The Morgan fingerprint density at radius 3 is 2.62 bits per heavy atom. The summed E-state index contributed by atoms with van der Waals surface area (Å²) in [4.78, 5) is 0. The molecule has 0 aromatic heterocycles. The van der Waals surface area contributed by atoms with Gasteiger partial charge >= 0.3 is 0 Å². The van der Waals surface area contributed by atoms with Crippen LogP contribution in [-0.2, 0) is 4.74 Å². The van der Waals surface area contributed by atoms with Crippen molar-refractivity contribution >= 4 is 0 Å². The van der Waals surface area contributed by atoms with Gasteiger partial charge in [-0.3, -0.25) is 0 Å². The fraction of sp³-hybridized carbons (Fsp3) is 0.818. The van der Waals surface area contributed by atoms with E-state index in [-0.39, 0.29) is 0 Å². The van der Waals surface area contributed by atoms with E-state index in [0.29, 0.717) is 0 Å². The summed E-state index contributed by atoms with van der Waals surface area (Å²) in [6.45, 7) is 2.96. The molecule has 13 heavy (non-hydrogen) atoms. The topological polar surface area (TPSA) is 21.3 Å². The summed E-state index contributed by atoms with van der Waals surface area (Å²) in [6, 6.07) is 0.833. The van der Waals surface area contributed by atoms with E-state index < -0.39 is 0 Å². The lowest BCUT2D eigenvalue weighted by Gasteiger charge is -2.18.